The first-order valence-corrected chi connectivity index (χ1v) is 14.2. The number of hydrogen-bond donors (Lipinski definition) is 0. The van der Waals surface area contributed by atoms with Crippen LogP contribution < -0.4 is 0 Å². The van der Waals surface area contributed by atoms with Crippen molar-refractivity contribution in [1.29, 1.82) is 0 Å². The molecular weight excluding hydrogens is 456 g/mol. The highest BCUT2D eigenvalue weighted by Crippen LogP contribution is 2.46. The Hall–Kier alpha value is -3.14. The summed E-state index contributed by atoms with van der Waals surface area (Å²) in [5.41, 5.74) is 7.16. The molecule has 2 aromatic rings. The third-order valence-corrected chi connectivity index (χ3v) is 9.36. The second-order valence-electron chi connectivity index (χ2n) is 11.7. The maximum Gasteiger partial charge on any atom is 0.261 e. The molecule has 0 bridgehead atoms. The molecule has 4 aliphatic rings. The molecular formula is C33H38N2O2. The van der Waals surface area contributed by atoms with Crippen molar-refractivity contribution in [2.75, 3.05) is 14.1 Å². The van der Waals surface area contributed by atoms with E-state index in [1.165, 1.54) is 68.9 Å². The molecule has 4 heteroatoms. The summed E-state index contributed by atoms with van der Waals surface area (Å²) < 4.78 is 0. The zero-order valence-electron chi connectivity index (χ0n) is 22.4. The first-order chi connectivity index (χ1) is 17.9. The molecule has 2 amide bonds. The van der Waals surface area contributed by atoms with Gasteiger partial charge in [-0.3, -0.25) is 9.59 Å². The van der Waals surface area contributed by atoms with Crippen LogP contribution >= 0.6 is 0 Å². The van der Waals surface area contributed by atoms with Crippen molar-refractivity contribution in [1.82, 2.24) is 9.80 Å². The molecule has 0 N–H and O–H groups in total. The largest absolute Gasteiger partial charge is 0.310 e. The summed E-state index contributed by atoms with van der Waals surface area (Å²) in [7, 11) is 3.59. The molecule has 2 aromatic carbocycles. The number of amides is 2. The molecule has 0 aromatic heterocycles. The minimum atomic E-state index is -0.0978. The summed E-state index contributed by atoms with van der Waals surface area (Å²) in [5, 5.41) is 0. The van der Waals surface area contributed by atoms with Gasteiger partial charge in [-0.25, -0.2) is 0 Å². The van der Waals surface area contributed by atoms with Gasteiger partial charge in [-0.2, -0.15) is 0 Å². The predicted molar refractivity (Wildman–Crippen MR) is 148 cm³/mol. The Morgan fingerprint density at radius 3 is 1.41 bits per heavy atom. The van der Waals surface area contributed by atoms with Crippen LogP contribution in [0.25, 0.3) is 11.4 Å². The Morgan fingerprint density at radius 2 is 0.973 bits per heavy atom. The molecule has 37 heavy (non-hydrogen) atoms. The molecule has 4 nitrogen and oxygen atoms in total. The predicted octanol–water partition coefficient (Wildman–Crippen LogP) is 7.09. The maximum absolute atomic E-state index is 13.6. The lowest BCUT2D eigenvalue weighted by Gasteiger charge is -2.26. The fourth-order valence-electron chi connectivity index (χ4n) is 7.06. The van der Waals surface area contributed by atoms with Gasteiger partial charge >= 0.3 is 0 Å². The summed E-state index contributed by atoms with van der Waals surface area (Å²) in [6, 6.07) is 17.2. The minimum absolute atomic E-state index is 0.0978. The van der Waals surface area contributed by atoms with Crippen molar-refractivity contribution in [2.45, 2.75) is 76.5 Å². The first kappa shape index (κ1) is 24.2. The van der Waals surface area contributed by atoms with Gasteiger partial charge < -0.3 is 9.80 Å². The maximum atomic E-state index is 13.6. The number of hydrogen-bond acceptors (Lipinski definition) is 2. The van der Waals surface area contributed by atoms with Crippen molar-refractivity contribution in [3.05, 3.63) is 81.9 Å². The van der Waals surface area contributed by atoms with Gasteiger partial charge in [0.25, 0.3) is 11.8 Å². The van der Waals surface area contributed by atoms with Gasteiger partial charge in [-0.05, 0) is 65.7 Å². The van der Waals surface area contributed by atoms with E-state index in [-0.39, 0.29) is 11.8 Å². The Kier molecular flexibility index (Phi) is 6.30. The molecule has 0 atom stereocenters. The average Bonchev–Trinajstić information content (AvgIpc) is 3.34. The third-order valence-electron chi connectivity index (χ3n) is 9.36. The number of nitrogens with zero attached hydrogens (tertiary/aromatic N) is 2. The normalized spacial score (nSPS) is 24.9. The fraction of sp³-hybridized carbons (Fsp3) is 0.455. The smallest absolute Gasteiger partial charge is 0.261 e. The Bertz CT molecular complexity index is 1270. The van der Waals surface area contributed by atoms with Crippen LogP contribution in [-0.2, 0) is 9.59 Å². The van der Waals surface area contributed by atoms with Crippen LogP contribution in [0.4, 0.5) is 0 Å². The second-order valence-corrected chi connectivity index (χ2v) is 11.7. The Labute approximate surface area is 221 Å². The first-order valence-electron chi connectivity index (χ1n) is 14.2. The molecule has 2 heterocycles. The number of carbonyl (C=O) groups excluding carboxylic acids is 2. The van der Waals surface area contributed by atoms with Crippen molar-refractivity contribution >= 4 is 23.2 Å². The summed E-state index contributed by atoms with van der Waals surface area (Å²) >= 11 is 0. The highest BCUT2D eigenvalue weighted by molar-refractivity contribution is 6.30. The second kappa shape index (κ2) is 9.63. The van der Waals surface area contributed by atoms with E-state index >= 15 is 0 Å². The van der Waals surface area contributed by atoms with E-state index in [0.717, 1.165) is 28.4 Å². The molecule has 2 fully saturated rings. The van der Waals surface area contributed by atoms with Gasteiger partial charge in [0.2, 0.25) is 0 Å². The molecule has 2 saturated carbocycles. The van der Waals surface area contributed by atoms with Crippen LogP contribution in [0.3, 0.4) is 0 Å². The van der Waals surface area contributed by atoms with Gasteiger partial charge in [0.05, 0.1) is 22.5 Å². The summed E-state index contributed by atoms with van der Waals surface area (Å²) in [5.74, 6) is 1.88. The standard InChI is InChI=1S/C33H38N2O2/c1-21-9-11-23(12-10-21)25-15-19-27(20-16-25)31-29-28(32(36)35(31)3)30(34(2)33(29)37)26-17-13-24(14-18-26)22-7-5-4-6-8-22/h13-23H,4-12H2,1-3H3. The van der Waals surface area contributed by atoms with E-state index < -0.39 is 0 Å². The summed E-state index contributed by atoms with van der Waals surface area (Å²) in [6.07, 6.45) is 11.5. The van der Waals surface area contributed by atoms with E-state index in [1.54, 1.807) is 23.9 Å². The van der Waals surface area contributed by atoms with Crippen molar-refractivity contribution < 1.29 is 9.59 Å². The van der Waals surface area contributed by atoms with Crippen molar-refractivity contribution in [2.24, 2.45) is 5.92 Å². The van der Waals surface area contributed by atoms with Crippen LogP contribution in [0.1, 0.15) is 98.8 Å². The number of fused-ring (bicyclic) bond motifs is 1. The number of benzene rings is 2. The van der Waals surface area contributed by atoms with Crippen LogP contribution in [0, 0.1) is 5.92 Å². The fourth-order valence-corrected chi connectivity index (χ4v) is 7.06. The molecule has 0 radical (unpaired) electrons. The minimum Gasteiger partial charge on any atom is -0.310 e. The SMILES string of the molecule is CC1CCC(c2ccc(C3=C4C(=O)N(C)C(c5ccc(C6CCCCC6)cc5)=C4C(=O)N3C)cc2)CC1. The van der Waals surface area contributed by atoms with Gasteiger partial charge in [0, 0.05) is 14.1 Å². The van der Waals surface area contributed by atoms with Crippen molar-refractivity contribution in [3.63, 3.8) is 0 Å². The summed E-state index contributed by atoms with van der Waals surface area (Å²) in [4.78, 5) is 30.4. The Morgan fingerprint density at radius 1 is 0.568 bits per heavy atom. The highest BCUT2D eigenvalue weighted by Gasteiger charge is 2.46. The van der Waals surface area contributed by atoms with E-state index in [0.29, 0.717) is 23.0 Å². The lowest BCUT2D eigenvalue weighted by atomic mass is 9.79. The molecule has 0 saturated heterocycles. The third kappa shape index (κ3) is 4.15. The monoisotopic (exact) mass is 494 g/mol. The molecule has 0 unspecified atom stereocenters. The molecule has 2 aliphatic carbocycles. The number of carbonyl (C=O) groups is 2. The lowest BCUT2D eigenvalue weighted by Crippen LogP contribution is -2.25. The van der Waals surface area contributed by atoms with Crippen LogP contribution in [0.5, 0.6) is 0 Å². The molecule has 2 aliphatic heterocycles. The zero-order chi connectivity index (χ0) is 25.7. The highest BCUT2D eigenvalue weighted by atomic mass is 16.2. The number of rotatable bonds is 4. The summed E-state index contributed by atoms with van der Waals surface area (Å²) in [6.45, 7) is 2.35. The van der Waals surface area contributed by atoms with Crippen molar-refractivity contribution in [3.8, 4) is 0 Å². The quantitative estimate of drug-likeness (QED) is 0.455. The molecule has 6 rings (SSSR count). The van der Waals surface area contributed by atoms with Gasteiger partial charge in [0.1, 0.15) is 0 Å². The van der Waals surface area contributed by atoms with E-state index in [9.17, 15) is 9.59 Å². The average molecular weight is 495 g/mol. The molecule has 192 valence electrons. The topological polar surface area (TPSA) is 40.6 Å². The van der Waals surface area contributed by atoms with E-state index in [4.69, 9.17) is 0 Å². The van der Waals surface area contributed by atoms with E-state index in [1.807, 2.05) is 0 Å². The zero-order valence-corrected chi connectivity index (χ0v) is 22.4. The van der Waals surface area contributed by atoms with Crippen LogP contribution in [0.15, 0.2) is 59.7 Å². The Balaban J connectivity index is 1.34. The van der Waals surface area contributed by atoms with Crippen LogP contribution in [-0.4, -0.2) is 35.7 Å². The van der Waals surface area contributed by atoms with Crippen LogP contribution in [0.2, 0.25) is 0 Å². The number of likely N-dealkylation sites (N-methyl/N-ethyl adjacent to an activating group) is 2. The van der Waals surface area contributed by atoms with Gasteiger partial charge in [-0.15, -0.1) is 0 Å². The molecule has 0 spiro atoms. The lowest BCUT2D eigenvalue weighted by molar-refractivity contribution is -0.123. The van der Waals surface area contributed by atoms with Gasteiger partial charge in [0.15, 0.2) is 0 Å². The van der Waals surface area contributed by atoms with E-state index in [2.05, 4.69) is 55.5 Å². The van der Waals surface area contributed by atoms with Gasteiger partial charge in [-0.1, -0.05) is 87.6 Å².